The number of thiophene rings is 1. The highest BCUT2D eigenvalue weighted by Gasteiger charge is 2.30. The normalized spacial score (nSPS) is 18.6. The predicted molar refractivity (Wildman–Crippen MR) is 70.3 cm³/mol. The Labute approximate surface area is 106 Å². The van der Waals surface area contributed by atoms with Gasteiger partial charge in [0.05, 0.1) is 0 Å². The Balaban J connectivity index is 1.93. The molecule has 1 unspecified atom stereocenters. The first-order chi connectivity index (χ1) is 8.20. The number of amidine groups is 1. The van der Waals surface area contributed by atoms with Crippen LogP contribution in [0, 0.1) is 5.92 Å². The van der Waals surface area contributed by atoms with E-state index < -0.39 is 0 Å². The van der Waals surface area contributed by atoms with Crippen molar-refractivity contribution in [3.63, 3.8) is 0 Å². The minimum Gasteiger partial charge on any atom is -0.409 e. The summed E-state index contributed by atoms with van der Waals surface area (Å²) in [5.41, 5.74) is 6.99. The summed E-state index contributed by atoms with van der Waals surface area (Å²) in [6, 6.07) is 2.85. The van der Waals surface area contributed by atoms with Crippen molar-refractivity contribution >= 4 is 17.2 Å². The van der Waals surface area contributed by atoms with Crippen molar-refractivity contribution in [3.8, 4) is 0 Å². The summed E-state index contributed by atoms with van der Waals surface area (Å²) in [5.74, 6) is 0.417. The molecule has 4 nitrogen and oxygen atoms in total. The molecule has 1 heterocycles. The molecule has 0 amide bonds. The summed E-state index contributed by atoms with van der Waals surface area (Å²) in [5, 5.41) is 16.1. The van der Waals surface area contributed by atoms with Gasteiger partial charge in [0.1, 0.15) is 5.84 Å². The van der Waals surface area contributed by atoms with Gasteiger partial charge in [-0.25, -0.2) is 0 Å². The van der Waals surface area contributed by atoms with Crippen molar-refractivity contribution in [2.75, 3.05) is 6.54 Å². The van der Waals surface area contributed by atoms with Crippen LogP contribution in [-0.2, 0) is 6.54 Å². The number of nitrogens with zero attached hydrogens (tertiary/aromatic N) is 2. The van der Waals surface area contributed by atoms with Crippen LogP contribution in [0.3, 0.4) is 0 Å². The van der Waals surface area contributed by atoms with Crippen molar-refractivity contribution in [2.45, 2.75) is 32.4 Å². The molecule has 0 aromatic carbocycles. The highest BCUT2D eigenvalue weighted by molar-refractivity contribution is 7.07. The van der Waals surface area contributed by atoms with Crippen molar-refractivity contribution in [3.05, 3.63) is 22.4 Å². The van der Waals surface area contributed by atoms with Crippen LogP contribution in [0.2, 0.25) is 0 Å². The largest absolute Gasteiger partial charge is 0.409 e. The van der Waals surface area contributed by atoms with E-state index in [2.05, 4.69) is 26.9 Å². The highest BCUT2D eigenvalue weighted by atomic mass is 32.1. The topological polar surface area (TPSA) is 61.8 Å². The van der Waals surface area contributed by atoms with E-state index in [-0.39, 0.29) is 5.92 Å². The molecular formula is C12H19N3OS. The Kier molecular flexibility index (Phi) is 4.02. The van der Waals surface area contributed by atoms with Crippen LogP contribution in [-0.4, -0.2) is 28.5 Å². The Morgan fingerprint density at radius 2 is 2.47 bits per heavy atom. The summed E-state index contributed by atoms with van der Waals surface area (Å²) in [7, 11) is 0. The first kappa shape index (κ1) is 12.4. The molecule has 5 heteroatoms. The Hall–Kier alpha value is -1.07. The molecule has 0 saturated heterocycles. The summed E-state index contributed by atoms with van der Waals surface area (Å²) in [6.07, 6.45) is 2.54. The summed E-state index contributed by atoms with van der Waals surface area (Å²) >= 11 is 1.73. The third-order valence-electron chi connectivity index (χ3n) is 3.16. The number of nitrogens with two attached hydrogens (primary N) is 1. The molecule has 1 aromatic heterocycles. The van der Waals surface area contributed by atoms with E-state index in [9.17, 15) is 0 Å². The molecule has 2 rings (SSSR count). The van der Waals surface area contributed by atoms with Crippen LogP contribution in [0.5, 0.6) is 0 Å². The molecule has 1 atom stereocenters. The summed E-state index contributed by atoms with van der Waals surface area (Å²) < 4.78 is 0. The first-order valence-electron chi connectivity index (χ1n) is 5.93. The lowest BCUT2D eigenvalue weighted by Crippen LogP contribution is -2.35. The molecule has 1 aliphatic rings. The van der Waals surface area contributed by atoms with Crippen molar-refractivity contribution in [2.24, 2.45) is 16.8 Å². The van der Waals surface area contributed by atoms with Crippen LogP contribution in [0.25, 0.3) is 0 Å². The molecule has 94 valence electrons. The minimum absolute atomic E-state index is 0.0965. The number of oxime groups is 1. The zero-order chi connectivity index (χ0) is 12.3. The van der Waals surface area contributed by atoms with Crippen LogP contribution >= 0.6 is 11.3 Å². The third-order valence-corrected chi connectivity index (χ3v) is 3.89. The van der Waals surface area contributed by atoms with Crippen molar-refractivity contribution in [1.29, 1.82) is 0 Å². The van der Waals surface area contributed by atoms with Crippen LogP contribution in [0.15, 0.2) is 22.0 Å². The summed E-state index contributed by atoms with van der Waals surface area (Å²) in [4.78, 5) is 2.44. The molecule has 1 aromatic rings. The van der Waals surface area contributed by atoms with Crippen LogP contribution < -0.4 is 5.73 Å². The van der Waals surface area contributed by atoms with Crippen molar-refractivity contribution < 1.29 is 5.21 Å². The highest BCUT2D eigenvalue weighted by Crippen LogP contribution is 2.29. The zero-order valence-corrected chi connectivity index (χ0v) is 10.9. The molecule has 0 radical (unpaired) electrons. The lowest BCUT2D eigenvalue weighted by molar-refractivity contribution is 0.236. The second-order valence-corrected chi connectivity index (χ2v) is 5.50. The first-order valence-corrected chi connectivity index (χ1v) is 6.87. The molecule has 17 heavy (non-hydrogen) atoms. The van der Waals surface area contributed by atoms with Gasteiger partial charge in [0.25, 0.3) is 0 Å². The Bertz CT molecular complexity index is 373. The monoisotopic (exact) mass is 253 g/mol. The van der Waals surface area contributed by atoms with E-state index in [1.807, 2.05) is 6.92 Å². The van der Waals surface area contributed by atoms with Gasteiger partial charge in [-0.1, -0.05) is 12.1 Å². The third kappa shape index (κ3) is 3.44. The number of rotatable bonds is 6. The van der Waals surface area contributed by atoms with Crippen LogP contribution in [0.4, 0.5) is 0 Å². The van der Waals surface area contributed by atoms with Gasteiger partial charge in [0, 0.05) is 25.0 Å². The Morgan fingerprint density at radius 3 is 3.00 bits per heavy atom. The van der Waals surface area contributed by atoms with Gasteiger partial charge in [-0.2, -0.15) is 11.3 Å². The summed E-state index contributed by atoms with van der Waals surface area (Å²) in [6.45, 7) is 3.83. The van der Waals surface area contributed by atoms with Gasteiger partial charge in [0.15, 0.2) is 0 Å². The number of hydrogen-bond donors (Lipinski definition) is 2. The fourth-order valence-electron chi connectivity index (χ4n) is 1.94. The number of hydrogen-bond acceptors (Lipinski definition) is 4. The molecule has 0 bridgehead atoms. The lowest BCUT2D eigenvalue weighted by Gasteiger charge is -2.24. The molecule has 1 aliphatic carbocycles. The van der Waals surface area contributed by atoms with E-state index in [0.29, 0.717) is 11.9 Å². The quantitative estimate of drug-likeness (QED) is 0.353. The fraction of sp³-hybridized carbons (Fsp3) is 0.583. The molecular weight excluding hydrogens is 234 g/mol. The maximum Gasteiger partial charge on any atom is 0.143 e. The van der Waals surface area contributed by atoms with Gasteiger partial charge < -0.3 is 10.9 Å². The van der Waals surface area contributed by atoms with Gasteiger partial charge in [-0.15, -0.1) is 0 Å². The second kappa shape index (κ2) is 5.51. The smallest absolute Gasteiger partial charge is 0.143 e. The minimum atomic E-state index is 0.0965. The van der Waals surface area contributed by atoms with E-state index >= 15 is 0 Å². The lowest BCUT2D eigenvalue weighted by atomic mass is 10.1. The predicted octanol–water partition coefficient (Wildman–Crippen LogP) is 2.10. The average molecular weight is 253 g/mol. The average Bonchev–Trinajstić information content (AvgIpc) is 3.06. The van der Waals surface area contributed by atoms with Crippen LogP contribution in [0.1, 0.15) is 25.3 Å². The molecule has 1 saturated carbocycles. The maximum absolute atomic E-state index is 8.68. The van der Waals surface area contributed by atoms with E-state index in [1.54, 1.807) is 11.3 Å². The SMILES string of the molecule is CC(CN(Cc1ccsc1)C1CC1)/C(N)=N/O. The van der Waals surface area contributed by atoms with E-state index in [0.717, 1.165) is 13.1 Å². The Morgan fingerprint density at radius 1 is 1.71 bits per heavy atom. The molecule has 3 N–H and O–H groups in total. The second-order valence-electron chi connectivity index (χ2n) is 4.72. The molecule has 1 fully saturated rings. The van der Waals surface area contributed by atoms with Gasteiger partial charge in [0.2, 0.25) is 0 Å². The maximum atomic E-state index is 8.68. The van der Waals surface area contributed by atoms with E-state index in [4.69, 9.17) is 10.9 Å². The zero-order valence-electron chi connectivity index (χ0n) is 10.0. The van der Waals surface area contributed by atoms with Gasteiger partial charge in [-0.05, 0) is 35.2 Å². The van der Waals surface area contributed by atoms with Crippen molar-refractivity contribution in [1.82, 2.24) is 4.90 Å². The van der Waals surface area contributed by atoms with Gasteiger partial charge in [-0.3, -0.25) is 4.90 Å². The standard InChI is InChI=1S/C12H19N3OS/c1-9(12(13)14-16)6-15(11-2-3-11)7-10-4-5-17-8-10/h4-5,8-9,11,16H,2-3,6-7H2,1H3,(H2,13,14). The van der Waals surface area contributed by atoms with Gasteiger partial charge >= 0.3 is 0 Å². The van der Waals surface area contributed by atoms with E-state index in [1.165, 1.54) is 18.4 Å². The molecule has 0 spiro atoms. The molecule has 0 aliphatic heterocycles. The fourth-order valence-corrected chi connectivity index (χ4v) is 2.60.